The maximum Gasteiger partial charge on any atom is 0.237 e. The van der Waals surface area contributed by atoms with E-state index in [1.54, 1.807) is 11.9 Å². The average molecular weight is 292 g/mol. The summed E-state index contributed by atoms with van der Waals surface area (Å²) in [4.78, 5) is 26.7. The van der Waals surface area contributed by atoms with Crippen molar-refractivity contribution in [3.63, 3.8) is 0 Å². The van der Waals surface area contributed by atoms with Gasteiger partial charge in [0.15, 0.2) is 0 Å². The second kappa shape index (κ2) is 4.44. The number of nitrogens with zero attached hydrogens (tertiary/aromatic N) is 1. The molecule has 0 unspecified atom stereocenters. The molecule has 110 valence electrons. The fraction of sp³-hybridized carbons (Fsp3) is 0.222. The molecule has 2 bridgehead atoms. The third kappa shape index (κ3) is 1.52. The summed E-state index contributed by atoms with van der Waals surface area (Å²) in [6.07, 6.45) is 0.481. The highest BCUT2D eigenvalue weighted by Gasteiger charge is 2.56. The minimum absolute atomic E-state index is 0.115. The zero-order valence-electron chi connectivity index (χ0n) is 12.2. The molecular weight excluding hydrogens is 276 g/mol. The number of carbonyl (C=O) groups is 2. The van der Waals surface area contributed by atoms with Gasteiger partial charge < -0.3 is 10.2 Å². The molecule has 4 rings (SSSR count). The number of amides is 2. The van der Waals surface area contributed by atoms with Gasteiger partial charge in [-0.1, -0.05) is 48.5 Å². The Kier molecular flexibility index (Phi) is 2.64. The maximum absolute atomic E-state index is 12.6. The molecule has 4 heteroatoms. The van der Waals surface area contributed by atoms with Crippen molar-refractivity contribution in [3.05, 3.63) is 65.7 Å². The smallest absolute Gasteiger partial charge is 0.237 e. The van der Waals surface area contributed by atoms with Gasteiger partial charge in [0.2, 0.25) is 11.8 Å². The molecule has 22 heavy (non-hydrogen) atoms. The summed E-state index contributed by atoms with van der Waals surface area (Å²) in [5.41, 5.74) is 2.22. The topological polar surface area (TPSA) is 49.4 Å². The zero-order chi connectivity index (χ0) is 15.3. The molecule has 1 saturated heterocycles. The Morgan fingerprint density at radius 1 is 1.05 bits per heavy atom. The number of anilines is 1. The van der Waals surface area contributed by atoms with Gasteiger partial charge in [0.1, 0.15) is 5.92 Å². The van der Waals surface area contributed by atoms with Crippen molar-refractivity contribution in [2.24, 2.45) is 5.92 Å². The van der Waals surface area contributed by atoms with Crippen LogP contribution in [0.4, 0.5) is 5.69 Å². The first-order valence-corrected chi connectivity index (χ1v) is 7.38. The van der Waals surface area contributed by atoms with Crippen molar-refractivity contribution in [3.8, 4) is 0 Å². The summed E-state index contributed by atoms with van der Waals surface area (Å²) < 4.78 is 0. The molecule has 0 aromatic heterocycles. The third-order valence-corrected chi connectivity index (χ3v) is 4.90. The Bertz CT molecular complexity index is 772. The summed E-state index contributed by atoms with van der Waals surface area (Å²) in [6.45, 7) is 0. The lowest BCUT2D eigenvalue weighted by Crippen LogP contribution is -2.43. The second-order valence-electron chi connectivity index (χ2n) is 5.92. The Labute approximate surface area is 128 Å². The molecule has 2 heterocycles. The lowest BCUT2D eigenvalue weighted by Gasteiger charge is -2.38. The van der Waals surface area contributed by atoms with Gasteiger partial charge in [-0.25, -0.2) is 0 Å². The summed E-state index contributed by atoms with van der Waals surface area (Å²) >= 11 is 0. The highest BCUT2D eigenvalue weighted by atomic mass is 16.2. The van der Waals surface area contributed by atoms with Crippen LogP contribution in [0.2, 0.25) is 0 Å². The number of nitrogens with one attached hydrogen (secondary N) is 1. The van der Waals surface area contributed by atoms with Crippen molar-refractivity contribution in [1.29, 1.82) is 0 Å². The van der Waals surface area contributed by atoms with Crippen LogP contribution in [0.1, 0.15) is 17.5 Å². The first-order valence-electron chi connectivity index (χ1n) is 7.38. The van der Waals surface area contributed by atoms with Crippen LogP contribution in [0, 0.1) is 5.92 Å². The lowest BCUT2D eigenvalue weighted by atomic mass is 9.79. The van der Waals surface area contributed by atoms with E-state index in [4.69, 9.17) is 0 Å². The molecule has 2 aliphatic heterocycles. The Morgan fingerprint density at radius 3 is 2.50 bits per heavy atom. The van der Waals surface area contributed by atoms with Crippen LogP contribution in [-0.4, -0.2) is 23.8 Å². The number of fused-ring (bicyclic) bond motifs is 4. The van der Waals surface area contributed by atoms with E-state index in [-0.39, 0.29) is 11.8 Å². The van der Waals surface area contributed by atoms with Gasteiger partial charge in [0.05, 0.1) is 5.54 Å². The average Bonchev–Trinajstić information content (AvgIpc) is 2.74. The molecule has 1 fully saturated rings. The van der Waals surface area contributed by atoms with E-state index >= 15 is 0 Å². The summed E-state index contributed by atoms with van der Waals surface area (Å²) in [5.74, 6) is -0.951. The molecule has 2 aromatic rings. The molecule has 0 saturated carbocycles. The van der Waals surface area contributed by atoms with E-state index < -0.39 is 11.5 Å². The molecular formula is C18H16N2O2. The predicted molar refractivity (Wildman–Crippen MR) is 83.2 cm³/mol. The number of likely N-dealkylation sites (tertiary alicyclic amines) is 1. The van der Waals surface area contributed by atoms with Gasteiger partial charge in [0, 0.05) is 18.3 Å². The van der Waals surface area contributed by atoms with Crippen LogP contribution in [-0.2, 0) is 15.1 Å². The fourth-order valence-electron chi connectivity index (χ4n) is 3.79. The van der Waals surface area contributed by atoms with E-state index in [0.29, 0.717) is 6.42 Å². The Hall–Kier alpha value is -2.62. The SMILES string of the molecule is CN1C(=O)[C@H]2C[C@]1(c1ccccc1)c1ccccc1NC2=O. The standard InChI is InChI=1S/C18H16N2O2/c1-20-17(22)13-11-18(20,12-7-3-2-4-8-12)14-9-5-6-10-15(14)19-16(13)21/h2-10,13H,11H2,1H3,(H,19,21)/t13-,18-/m0/s1. The van der Waals surface area contributed by atoms with Crippen molar-refractivity contribution >= 4 is 17.5 Å². The summed E-state index contributed by atoms with van der Waals surface area (Å²) in [7, 11) is 1.80. The predicted octanol–water partition coefficient (Wildman–Crippen LogP) is 2.36. The van der Waals surface area contributed by atoms with Crippen molar-refractivity contribution in [2.45, 2.75) is 12.0 Å². The molecule has 0 spiro atoms. The third-order valence-electron chi connectivity index (χ3n) is 4.90. The Morgan fingerprint density at radius 2 is 1.73 bits per heavy atom. The maximum atomic E-state index is 12.6. The number of hydrogen-bond donors (Lipinski definition) is 1. The Balaban J connectivity index is 2.05. The second-order valence-corrected chi connectivity index (χ2v) is 5.92. The van der Waals surface area contributed by atoms with Crippen molar-refractivity contribution in [2.75, 3.05) is 12.4 Å². The molecule has 1 N–H and O–H groups in total. The van der Waals surface area contributed by atoms with Crippen LogP contribution >= 0.6 is 0 Å². The number of para-hydroxylation sites is 1. The van der Waals surface area contributed by atoms with Crippen LogP contribution in [0.15, 0.2) is 54.6 Å². The van der Waals surface area contributed by atoms with E-state index in [2.05, 4.69) is 5.32 Å². The van der Waals surface area contributed by atoms with Crippen LogP contribution in [0.5, 0.6) is 0 Å². The number of rotatable bonds is 1. The van der Waals surface area contributed by atoms with Gasteiger partial charge in [-0.15, -0.1) is 0 Å². The first kappa shape index (κ1) is 13.1. The van der Waals surface area contributed by atoms with E-state index in [0.717, 1.165) is 16.8 Å². The lowest BCUT2D eigenvalue weighted by molar-refractivity contribution is -0.136. The van der Waals surface area contributed by atoms with Crippen LogP contribution < -0.4 is 5.32 Å². The van der Waals surface area contributed by atoms with E-state index in [9.17, 15) is 9.59 Å². The largest absolute Gasteiger partial charge is 0.331 e. The van der Waals surface area contributed by atoms with Crippen molar-refractivity contribution in [1.82, 2.24) is 4.90 Å². The zero-order valence-corrected chi connectivity index (χ0v) is 12.2. The quantitative estimate of drug-likeness (QED) is 0.820. The minimum Gasteiger partial charge on any atom is -0.331 e. The van der Waals surface area contributed by atoms with Gasteiger partial charge in [-0.3, -0.25) is 9.59 Å². The number of carbonyl (C=O) groups excluding carboxylic acids is 2. The van der Waals surface area contributed by atoms with Gasteiger partial charge in [-0.05, 0) is 18.1 Å². The molecule has 0 aliphatic carbocycles. The van der Waals surface area contributed by atoms with Gasteiger partial charge >= 0.3 is 0 Å². The molecule has 2 aliphatic rings. The normalized spacial score (nSPS) is 26.4. The van der Waals surface area contributed by atoms with E-state index in [1.807, 2.05) is 54.6 Å². The monoisotopic (exact) mass is 292 g/mol. The summed E-state index contributed by atoms with van der Waals surface area (Å²) in [6, 6.07) is 17.7. The van der Waals surface area contributed by atoms with E-state index in [1.165, 1.54) is 0 Å². The van der Waals surface area contributed by atoms with Crippen molar-refractivity contribution < 1.29 is 9.59 Å². The highest BCUT2D eigenvalue weighted by molar-refractivity contribution is 6.10. The molecule has 2 atom stereocenters. The molecule has 2 amide bonds. The van der Waals surface area contributed by atoms with Gasteiger partial charge in [0.25, 0.3) is 0 Å². The van der Waals surface area contributed by atoms with Crippen LogP contribution in [0.3, 0.4) is 0 Å². The molecule has 0 radical (unpaired) electrons. The molecule has 4 nitrogen and oxygen atoms in total. The minimum atomic E-state index is -0.627. The number of hydrogen-bond acceptors (Lipinski definition) is 2. The molecule has 2 aromatic carbocycles. The van der Waals surface area contributed by atoms with Crippen LogP contribution in [0.25, 0.3) is 0 Å². The van der Waals surface area contributed by atoms with Gasteiger partial charge in [-0.2, -0.15) is 0 Å². The number of benzene rings is 2. The first-order chi connectivity index (χ1) is 10.6. The highest BCUT2D eigenvalue weighted by Crippen LogP contribution is 2.50. The fourth-order valence-corrected chi connectivity index (χ4v) is 3.79. The summed E-state index contributed by atoms with van der Waals surface area (Å²) in [5, 5.41) is 2.91.